The minimum Gasteiger partial charge on any atom is -0.508 e. The Labute approximate surface area is 179 Å². The third-order valence-corrected chi connectivity index (χ3v) is 5.15. The minimum atomic E-state index is -0.182. The largest absolute Gasteiger partial charge is 0.508 e. The number of Topliss-reactive ketones (excluding diaryl/α,β-unsaturated/α-hetero) is 1. The van der Waals surface area contributed by atoms with Crippen LogP contribution in [0.15, 0.2) is 72.8 Å². The topological polar surface area (TPSA) is 95.6 Å². The second-order valence-corrected chi connectivity index (χ2v) is 7.25. The van der Waals surface area contributed by atoms with Gasteiger partial charge in [-0.25, -0.2) is 0 Å². The van der Waals surface area contributed by atoms with Crippen molar-refractivity contribution in [3.8, 4) is 39.8 Å². The molecule has 0 unspecified atom stereocenters. The van der Waals surface area contributed by atoms with Crippen LogP contribution in [0.5, 0.6) is 17.2 Å². The van der Waals surface area contributed by atoms with Crippen molar-refractivity contribution in [2.24, 2.45) is 0 Å². The van der Waals surface area contributed by atoms with Crippen molar-refractivity contribution >= 4 is 5.78 Å². The van der Waals surface area contributed by atoms with Gasteiger partial charge in [-0.15, -0.1) is 0 Å². The SMILES string of the molecule is CCc1c(-c2ccc(O)cc2)nn(CC(=O)c2cccc(O)c2)c1-c1ccc(O)cc1. The maximum atomic E-state index is 12.9. The molecular weight excluding hydrogens is 392 g/mol. The number of phenols is 3. The Morgan fingerprint density at radius 2 is 1.45 bits per heavy atom. The van der Waals surface area contributed by atoms with Gasteiger partial charge in [0.25, 0.3) is 0 Å². The van der Waals surface area contributed by atoms with Gasteiger partial charge in [-0.3, -0.25) is 9.48 Å². The van der Waals surface area contributed by atoms with E-state index in [2.05, 4.69) is 0 Å². The maximum Gasteiger partial charge on any atom is 0.184 e. The van der Waals surface area contributed by atoms with Gasteiger partial charge in [0, 0.05) is 22.3 Å². The first kappa shape index (κ1) is 20.2. The molecule has 0 aliphatic heterocycles. The van der Waals surface area contributed by atoms with Crippen LogP contribution in [-0.4, -0.2) is 30.9 Å². The van der Waals surface area contributed by atoms with Crippen molar-refractivity contribution in [2.75, 3.05) is 0 Å². The average molecular weight is 414 g/mol. The standard InChI is InChI=1S/C25H22N2O4/c1-2-22-24(16-6-10-19(28)11-7-16)26-27(25(22)17-8-12-20(29)13-9-17)15-23(31)18-4-3-5-21(30)14-18/h3-14,28-30H,2,15H2,1H3. The summed E-state index contributed by atoms with van der Waals surface area (Å²) in [7, 11) is 0. The molecule has 3 aromatic carbocycles. The molecule has 0 saturated carbocycles. The van der Waals surface area contributed by atoms with Crippen molar-refractivity contribution in [1.82, 2.24) is 9.78 Å². The molecule has 0 atom stereocenters. The number of benzene rings is 3. The highest BCUT2D eigenvalue weighted by atomic mass is 16.3. The van der Waals surface area contributed by atoms with E-state index in [1.54, 1.807) is 65.3 Å². The van der Waals surface area contributed by atoms with Gasteiger partial charge >= 0.3 is 0 Å². The first-order valence-electron chi connectivity index (χ1n) is 9.97. The number of carbonyl (C=O) groups excluding carboxylic acids is 1. The van der Waals surface area contributed by atoms with E-state index in [1.807, 2.05) is 6.92 Å². The number of carbonyl (C=O) groups is 1. The second-order valence-electron chi connectivity index (χ2n) is 7.25. The van der Waals surface area contributed by atoms with Crippen molar-refractivity contribution in [1.29, 1.82) is 0 Å². The summed E-state index contributed by atoms with van der Waals surface area (Å²) >= 11 is 0. The van der Waals surface area contributed by atoms with Gasteiger partial charge in [0.05, 0.1) is 11.4 Å². The minimum absolute atomic E-state index is 0.00918. The van der Waals surface area contributed by atoms with Crippen LogP contribution in [0.4, 0.5) is 0 Å². The number of ketones is 1. The highest BCUT2D eigenvalue weighted by Gasteiger charge is 2.21. The van der Waals surface area contributed by atoms with E-state index in [4.69, 9.17) is 5.10 Å². The van der Waals surface area contributed by atoms with E-state index in [0.717, 1.165) is 28.1 Å². The summed E-state index contributed by atoms with van der Waals surface area (Å²) in [6.07, 6.45) is 0.673. The summed E-state index contributed by atoms with van der Waals surface area (Å²) in [6, 6.07) is 19.8. The fraction of sp³-hybridized carbons (Fsp3) is 0.120. The number of rotatable bonds is 6. The summed E-state index contributed by atoms with van der Waals surface area (Å²) in [5, 5.41) is 33.8. The molecule has 0 amide bonds. The molecule has 3 N–H and O–H groups in total. The zero-order valence-corrected chi connectivity index (χ0v) is 17.0. The fourth-order valence-corrected chi connectivity index (χ4v) is 3.65. The Balaban J connectivity index is 1.85. The lowest BCUT2D eigenvalue weighted by molar-refractivity contribution is 0.0968. The monoisotopic (exact) mass is 414 g/mol. The Hall–Kier alpha value is -4.06. The Morgan fingerprint density at radius 3 is 2.03 bits per heavy atom. The summed E-state index contributed by atoms with van der Waals surface area (Å²) in [4.78, 5) is 12.9. The predicted octanol–water partition coefficient (Wildman–Crippen LogP) is 4.78. The molecule has 0 aliphatic carbocycles. The van der Waals surface area contributed by atoms with Gasteiger partial charge in [-0.1, -0.05) is 19.1 Å². The summed E-state index contributed by atoms with van der Waals surface area (Å²) in [6.45, 7) is 2.01. The Morgan fingerprint density at radius 1 is 0.839 bits per heavy atom. The number of aromatic hydroxyl groups is 3. The lowest BCUT2D eigenvalue weighted by Gasteiger charge is -2.10. The number of hydrogen-bond acceptors (Lipinski definition) is 5. The third kappa shape index (κ3) is 4.14. The highest BCUT2D eigenvalue weighted by Crippen LogP contribution is 2.34. The van der Waals surface area contributed by atoms with Gasteiger partial charge in [0.2, 0.25) is 0 Å². The number of hydrogen-bond donors (Lipinski definition) is 3. The van der Waals surface area contributed by atoms with Gasteiger partial charge in [-0.2, -0.15) is 5.10 Å². The summed E-state index contributed by atoms with van der Waals surface area (Å²) < 4.78 is 1.67. The molecule has 0 radical (unpaired) electrons. The molecule has 0 saturated heterocycles. The van der Waals surface area contributed by atoms with Crippen LogP contribution in [0.1, 0.15) is 22.8 Å². The van der Waals surface area contributed by atoms with Gasteiger partial charge in [0.1, 0.15) is 23.8 Å². The Kier molecular flexibility index (Phi) is 5.45. The quantitative estimate of drug-likeness (QED) is 0.395. The van der Waals surface area contributed by atoms with E-state index < -0.39 is 0 Å². The highest BCUT2D eigenvalue weighted by molar-refractivity contribution is 5.96. The van der Waals surface area contributed by atoms with Crippen LogP contribution >= 0.6 is 0 Å². The molecule has 6 nitrogen and oxygen atoms in total. The van der Waals surface area contributed by atoms with Gasteiger partial charge in [-0.05, 0) is 67.1 Å². The average Bonchev–Trinajstić information content (AvgIpc) is 3.13. The second kappa shape index (κ2) is 8.36. The molecule has 1 heterocycles. The van der Waals surface area contributed by atoms with Crippen LogP contribution in [0.3, 0.4) is 0 Å². The van der Waals surface area contributed by atoms with Crippen LogP contribution in [0.25, 0.3) is 22.5 Å². The molecule has 0 bridgehead atoms. The molecule has 1 aromatic heterocycles. The molecule has 0 aliphatic rings. The van der Waals surface area contributed by atoms with Crippen molar-refractivity contribution in [3.63, 3.8) is 0 Å². The molecule has 6 heteroatoms. The van der Waals surface area contributed by atoms with Crippen molar-refractivity contribution in [2.45, 2.75) is 19.9 Å². The van der Waals surface area contributed by atoms with Crippen LogP contribution in [-0.2, 0) is 13.0 Å². The summed E-state index contributed by atoms with van der Waals surface area (Å²) in [5.41, 5.74) is 4.54. The smallest absolute Gasteiger partial charge is 0.184 e. The number of phenolic OH excluding ortho intramolecular Hbond substituents is 3. The third-order valence-electron chi connectivity index (χ3n) is 5.15. The van der Waals surface area contributed by atoms with E-state index in [1.165, 1.54) is 12.1 Å². The molecule has 31 heavy (non-hydrogen) atoms. The van der Waals surface area contributed by atoms with Crippen LogP contribution in [0, 0.1) is 0 Å². The molecule has 0 spiro atoms. The van der Waals surface area contributed by atoms with E-state index in [9.17, 15) is 20.1 Å². The molecule has 4 aromatic rings. The van der Waals surface area contributed by atoms with Gasteiger partial charge in [0.15, 0.2) is 5.78 Å². The van der Waals surface area contributed by atoms with Crippen LogP contribution in [0.2, 0.25) is 0 Å². The first-order valence-corrected chi connectivity index (χ1v) is 9.97. The lowest BCUT2D eigenvalue weighted by atomic mass is 9.99. The fourth-order valence-electron chi connectivity index (χ4n) is 3.65. The van der Waals surface area contributed by atoms with Crippen LogP contribution < -0.4 is 0 Å². The first-order chi connectivity index (χ1) is 15.0. The van der Waals surface area contributed by atoms with E-state index in [0.29, 0.717) is 12.0 Å². The number of aromatic nitrogens is 2. The van der Waals surface area contributed by atoms with E-state index in [-0.39, 0.29) is 29.6 Å². The lowest BCUT2D eigenvalue weighted by Crippen LogP contribution is -2.13. The van der Waals surface area contributed by atoms with E-state index >= 15 is 0 Å². The van der Waals surface area contributed by atoms with Crippen molar-refractivity contribution in [3.05, 3.63) is 83.9 Å². The van der Waals surface area contributed by atoms with Gasteiger partial charge < -0.3 is 15.3 Å². The molecular formula is C25H22N2O4. The summed E-state index contributed by atoms with van der Waals surface area (Å²) in [5.74, 6) is 0.170. The molecule has 4 rings (SSSR count). The number of nitrogens with zero attached hydrogens (tertiary/aromatic N) is 2. The van der Waals surface area contributed by atoms with Crippen molar-refractivity contribution < 1.29 is 20.1 Å². The molecule has 0 fully saturated rings. The maximum absolute atomic E-state index is 12.9. The Bertz CT molecular complexity index is 1230. The predicted molar refractivity (Wildman–Crippen MR) is 118 cm³/mol. The normalized spacial score (nSPS) is 10.9. The molecule has 156 valence electrons. The zero-order chi connectivity index (χ0) is 22.0. The zero-order valence-electron chi connectivity index (χ0n) is 17.0.